The third-order valence-corrected chi connectivity index (χ3v) is 3.88. The fourth-order valence-corrected chi connectivity index (χ4v) is 2.73. The first-order valence-corrected chi connectivity index (χ1v) is 6.59. The molecule has 1 aliphatic heterocycles. The summed E-state index contributed by atoms with van der Waals surface area (Å²) < 4.78 is 0.750. The first-order valence-electron chi connectivity index (χ1n) is 5.80. The molecule has 0 aromatic heterocycles. The highest BCUT2D eigenvalue weighted by atomic mass is 79.9. The lowest BCUT2D eigenvalue weighted by Crippen LogP contribution is -2.39. The van der Waals surface area contributed by atoms with E-state index in [0.29, 0.717) is 18.5 Å². The second-order valence-electron chi connectivity index (χ2n) is 4.37. The van der Waals surface area contributed by atoms with E-state index in [9.17, 15) is 10.1 Å². The van der Waals surface area contributed by atoms with Gasteiger partial charge in [0.05, 0.1) is 17.2 Å². The predicted octanol–water partition coefficient (Wildman–Crippen LogP) is 2.62. The van der Waals surface area contributed by atoms with Gasteiger partial charge in [-0.2, -0.15) is 5.26 Å². The lowest BCUT2D eigenvalue weighted by molar-refractivity contribution is -0.141. The van der Waals surface area contributed by atoms with Gasteiger partial charge in [0.15, 0.2) is 0 Å². The van der Waals surface area contributed by atoms with Crippen molar-refractivity contribution in [2.24, 2.45) is 5.92 Å². The molecule has 0 saturated carbocycles. The molecule has 1 saturated heterocycles. The van der Waals surface area contributed by atoms with Gasteiger partial charge in [-0.15, -0.1) is 0 Å². The normalized spacial score (nSPS) is 19.3. The molecular weight excluding hydrogens is 296 g/mol. The zero-order chi connectivity index (χ0) is 13.1. The molecule has 4 nitrogen and oxygen atoms in total. The summed E-state index contributed by atoms with van der Waals surface area (Å²) in [6, 6.07) is 7.72. The van der Waals surface area contributed by atoms with Crippen LogP contribution in [0.1, 0.15) is 18.4 Å². The first kappa shape index (κ1) is 12.9. The second kappa shape index (κ2) is 5.40. The molecular formula is C13H13BrN2O2. The highest BCUT2D eigenvalue weighted by Gasteiger charge is 2.26. The van der Waals surface area contributed by atoms with Crippen molar-refractivity contribution < 1.29 is 9.90 Å². The Morgan fingerprint density at radius 1 is 1.56 bits per heavy atom. The molecule has 1 N–H and O–H groups in total. The number of carboxylic acids is 1. The molecule has 0 bridgehead atoms. The standard InChI is InChI=1S/C13H13BrN2O2/c14-11-4-1-5-12(10(11)7-15)16-6-2-3-9(8-16)13(17)18/h1,4-5,9H,2-3,6,8H2,(H,17,18)/t9-/m0/s1. The minimum atomic E-state index is -0.756. The van der Waals surface area contributed by atoms with E-state index < -0.39 is 5.97 Å². The van der Waals surface area contributed by atoms with Gasteiger partial charge in [0.2, 0.25) is 0 Å². The van der Waals surface area contributed by atoms with Crippen molar-refractivity contribution in [1.29, 1.82) is 5.26 Å². The molecule has 94 valence electrons. The van der Waals surface area contributed by atoms with Crippen LogP contribution >= 0.6 is 15.9 Å². The number of nitriles is 1. The van der Waals surface area contributed by atoms with Gasteiger partial charge in [0.1, 0.15) is 6.07 Å². The van der Waals surface area contributed by atoms with E-state index in [-0.39, 0.29) is 5.92 Å². The number of hydrogen-bond donors (Lipinski definition) is 1. The molecule has 1 fully saturated rings. The highest BCUT2D eigenvalue weighted by molar-refractivity contribution is 9.10. The number of hydrogen-bond acceptors (Lipinski definition) is 3. The molecule has 1 atom stereocenters. The third kappa shape index (κ3) is 2.49. The number of carboxylic acid groups (broad SMARTS) is 1. The molecule has 0 radical (unpaired) electrons. The maximum absolute atomic E-state index is 11.1. The number of anilines is 1. The summed E-state index contributed by atoms with van der Waals surface area (Å²) in [6.45, 7) is 1.27. The zero-order valence-corrected chi connectivity index (χ0v) is 11.4. The van der Waals surface area contributed by atoms with Gasteiger partial charge in [0.25, 0.3) is 0 Å². The van der Waals surface area contributed by atoms with Gasteiger partial charge in [-0.3, -0.25) is 4.79 Å². The van der Waals surface area contributed by atoms with Crippen LogP contribution in [0.4, 0.5) is 5.69 Å². The summed E-state index contributed by atoms with van der Waals surface area (Å²) in [5, 5.41) is 18.3. The smallest absolute Gasteiger partial charge is 0.308 e. The van der Waals surface area contributed by atoms with Crippen LogP contribution in [0, 0.1) is 17.2 Å². The number of piperidine rings is 1. The Hall–Kier alpha value is -1.54. The van der Waals surface area contributed by atoms with Crippen LogP contribution in [0.2, 0.25) is 0 Å². The molecule has 0 amide bonds. The Morgan fingerprint density at radius 2 is 2.33 bits per heavy atom. The van der Waals surface area contributed by atoms with Crippen molar-refractivity contribution in [3.63, 3.8) is 0 Å². The lowest BCUT2D eigenvalue weighted by atomic mass is 9.97. The van der Waals surface area contributed by atoms with Crippen molar-refractivity contribution in [1.82, 2.24) is 0 Å². The van der Waals surface area contributed by atoms with Gasteiger partial charge in [0, 0.05) is 17.6 Å². The van der Waals surface area contributed by atoms with Crippen molar-refractivity contribution >= 4 is 27.6 Å². The number of benzene rings is 1. The van der Waals surface area contributed by atoms with Crippen LogP contribution in [0.25, 0.3) is 0 Å². The molecule has 1 aliphatic rings. The monoisotopic (exact) mass is 308 g/mol. The minimum Gasteiger partial charge on any atom is -0.481 e. The van der Waals surface area contributed by atoms with Crippen LogP contribution in [0.15, 0.2) is 22.7 Å². The van der Waals surface area contributed by atoms with E-state index in [0.717, 1.165) is 23.1 Å². The Bertz CT molecular complexity index is 510. The first-order chi connectivity index (χ1) is 8.63. The maximum atomic E-state index is 11.1. The molecule has 1 heterocycles. The summed E-state index contributed by atoms with van der Waals surface area (Å²) in [5.74, 6) is -1.10. The lowest BCUT2D eigenvalue weighted by Gasteiger charge is -2.33. The van der Waals surface area contributed by atoms with Crippen LogP contribution in [0.5, 0.6) is 0 Å². The average Bonchev–Trinajstić information content (AvgIpc) is 2.38. The van der Waals surface area contributed by atoms with E-state index in [2.05, 4.69) is 22.0 Å². The van der Waals surface area contributed by atoms with Crippen molar-refractivity contribution in [3.05, 3.63) is 28.2 Å². The van der Waals surface area contributed by atoms with Crippen molar-refractivity contribution in [3.8, 4) is 6.07 Å². The Labute approximate surface area is 114 Å². The summed E-state index contributed by atoms with van der Waals surface area (Å²) >= 11 is 3.35. The topological polar surface area (TPSA) is 64.3 Å². The summed E-state index contributed by atoms with van der Waals surface area (Å²) in [6.07, 6.45) is 1.55. The molecule has 18 heavy (non-hydrogen) atoms. The number of carbonyl (C=O) groups is 1. The molecule has 0 aliphatic carbocycles. The molecule has 2 rings (SSSR count). The van der Waals surface area contributed by atoms with E-state index in [4.69, 9.17) is 5.11 Å². The molecule has 5 heteroatoms. The summed E-state index contributed by atoms with van der Waals surface area (Å²) in [7, 11) is 0. The predicted molar refractivity (Wildman–Crippen MR) is 71.4 cm³/mol. The van der Waals surface area contributed by atoms with Crippen molar-refractivity contribution in [2.75, 3.05) is 18.0 Å². The van der Waals surface area contributed by atoms with Gasteiger partial charge in [-0.25, -0.2) is 0 Å². The third-order valence-electron chi connectivity index (χ3n) is 3.21. The number of nitrogens with zero attached hydrogens (tertiary/aromatic N) is 2. The van der Waals surface area contributed by atoms with E-state index >= 15 is 0 Å². The van der Waals surface area contributed by atoms with Gasteiger partial charge < -0.3 is 10.0 Å². The minimum absolute atomic E-state index is 0.343. The van der Waals surface area contributed by atoms with Gasteiger partial charge in [-0.05, 0) is 40.9 Å². The van der Waals surface area contributed by atoms with Crippen LogP contribution in [-0.4, -0.2) is 24.2 Å². The summed E-state index contributed by atoms with van der Waals surface area (Å²) in [5.41, 5.74) is 1.39. The quantitative estimate of drug-likeness (QED) is 0.912. The Morgan fingerprint density at radius 3 is 3.00 bits per heavy atom. The second-order valence-corrected chi connectivity index (χ2v) is 5.22. The largest absolute Gasteiger partial charge is 0.481 e. The highest BCUT2D eigenvalue weighted by Crippen LogP contribution is 2.30. The molecule has 0 unspecified atom stereocenters. The molecule has 0 spiro atoms. The van der Waals surface area contributed by atoms with E-state index in [1.165, 1.54) is 0 Å². The number of aliphatic carboxylic acids is 1. The fourth-order valence-electron chi connectivity index (χ4n) is 2.28. The fraction of sp³-hybridized carbons (Fsp3) is 0.385. The summed E-state index contributed by atoms with van der Waals surface area (Å²) in [4.78, 5) is 13.0. The van der Waals surface area contributed by atoms with Gasteiger partial charge in [-0.1, -0.05) is 6.07 Å². The SMILES string of the molecule is N#Cc1c(Br)cccc1N1CCC[C@H](C(=O)O)C1. The molecule has 1 aromatic carbocycles. The van der Waals surface area contributed by atoms with E-state index in [1.54, 1.807) is 0 Å². The maximum Gasteiger partial charge on any atom is 0.308 e. The average molecular weight is 309 g/mol. The van der Waals surface area contributed by atoms with Crippen LogP contribution in [0.3, 0.4) is 0 Å². The van der Waals surface area contributed by atoms with Gasteiger partial charge >= 0.3 is 5.97 Å². The van der Waals surface area contributed by atoms with Crippen LogP contribution in [-0.2, 0) is 4.79 Å². The van der Waals surface area contributed by atoms with Crippen LogP contribution < -0.4 is 4.90 Å². The Balaban J connectivity index is 2.29. The number of rotatable bonds is 2. The molecule has 1 aromatic rings. The van der Waals surface area contributed by atoms with E-state index in [1.807, 2.05) is 23.1 Å². The zero-order valence-electron chi connectivity index (χ0n) is 9.77. The number of halogens is 1. The Kier molecular flexibility index (Phi) is 3.87. The van der Waals surface area contributed by atoms with Crippen molar-refractivity contribution in [2.45, 2.75) is 12.8 Å².